The fraction of sp³-hybridized carbons (Fsp3) is 0.435. The van der Waals surface area contributed by atoms with E-state index in [2.05, 4.69) is 26.8 Å². The highest BCUT2D eigenvalue weighted by molar-refractivity contribution is 7.07. The van der Waals surface area contributed by atoms with Gasteiger partial charge in [-0.25, -0.2) is 15.0 Å². The molecule has 172 valence electrons. The number of thiazole rings is 1. The number of carbonyl (C=O) groups excluding carboxylic acids is 1. The molecule has 1 atom stereocenters. The number of halogens is 1. The normalized spacial score (nSPS) is 18.0. The molecule has 0 saturated carbocycles. The second-order valence-corrected chi connectivity index (χ2v) is 8.98. The van der Waals surface area contributed by atoms with Crippen molar-refractivity contribution in [1.82, 2.24) is 24.8 Å². The molecule has 1 amide bonds. The van der Waals surface area contributed by atoms with E-state index in [0.717, 1.165) is 36.3 Å². The molecular weight excluding hydrogens is 443 g/mol. The smallest absolute Gasteiger partial charge is 0.222 e. The summed E-state index contributed by atoms with van der Waals surface area (Å²) in [5.41, 5.74) is 5.29. The maximum atomic E-state index is 14.3. The maximum absolute atomic E-state index is 14.3. The molecule has 3 aromatic rings. The summed E-state index contributed by atoms with van der Waals surface area (Å²) in [5.74, 6) is 0.511. The van der Waals surface area contributed by atoms with E-state index in [9.17, 15) is 9.18 Å². The van der Waals surface area contributed by atoms with Crippen LogP contribution in [-0.4, -0.2) is 57.0 Å². The number of fused-ring (bicyclic) bond motifs is 1. The van der Waals surface area contributed by atoms with E-state index >= 15 is 0 Å². The SMILES string of the molecule is CC1c2cnc(-c3cscn3)nc2CCN1c1cc(F)nc(OCCCN2CCCC2=O)c1. The monoisotopic (exact) mass is 468 g/mol. The number of aromatic nitrogens is 4. The van der Waals surface area contributed by atoms with Gasteiger partial charge in [-0.1, -0.05) is 0 Å². The van der Waals surface area contributed by atoms with E-state index < -0.39 is 5.95 Å². The van der Waals surface area contributed by atoms with Crippen LogP contribution in [0.2, 0.25) is 0 Å². The first-order valence-corrected chi connectivity index (χ1v) is 12.1. The van der Waals surface area contributed by atoms with Gasteiger partial charge in [0.05, 0.1) is 23.9 Å². The molecule has 33 heavy (non-hydrogen) atoms. The molecule has 0 spiro atoms. The Bertz CT molecular complexity index is 1140. The van der Waals surface area contributed by atoms with Crippen LogP contribution in [0.25, 0.3) is 11.5 Å². The predicted molar refractivity (Wildman–Crippen MR) is 123 cm³/mol. The van der Waals surface area contributed by atoms with Crippen LogP contribution in [0.4, 0.5) is 10.1 Å². The zero-order valence-electron chi connectivity index (χ0n) is 18.4. The number of anilines is 1. The Balaban J connectivity index is 1.26. The standard InChI is InChI=1S/C23H25FN6O2S/c1-15-17-12-25-23(19-13-33-14-26-19)27-18(17)5-8-30(15)16-10-20(24)28-21(11-16)32-9-3-7-29-6-2-4-22(29)31/h10-15H,2-9H2,1H3. The minimum Gasteiger partial charge on any atom is -0.477 e. The second-order valence-electron chi connectivity index (χ2n) is 8.26. The van der Waals surface area contributed by atoms with Gasteiger partial charge in [0.2, 0.25) is 17.7 Å². The summed E-state index contributed by atoms with van der Waals surface area (Å²) >= 11 is 1.52. The van der Waals surface area contributed by atoms with E-state index in [-0.39, 0.29) is 17.8 Å². The highest BCUT2D eigenvalue weighted by Gasteiger charge is 2.27. The van der Waals surface area contributed by atoms with Crippen molar-refractivity contribution in [2.75, 3.05) is 31.1 Å². The van der Waals surface area contributed by atoms with E-state index in [4.69, 9.17) is 9.72 Å². The third-order valence-electron chi connectivity index (χ3n) is 6.15. The summed E-state index contributed by atoms with van der Waals surface area (Å²) in [5, 5.41) is 1.94. The van der Waals surface area contributed by atoms with Crippen molar-refractivity contribution in [3.05, 3.63) is 46.4 Å². The molecular formula is C23H25FN6O2S. The third-order valence-corrected chi connectivity index (χ3v) is 6.74. The lowest BCUT2D eigenvalue weighted by molar-refractivity contribution is -0.127. The number of likely N-dealkylation sites (tertiary alicyclic amines) is 1. The number of hydrogen-bond donors (Lipinski definition) is 0. The molecule has 10 heteroatoms. The fourth-order valence-corrected chi connectivity index (χ4v) is 4.97. The molecule has 5 heterocycles. The quantitative estimate of drug-likeness (QED) is 0.387. The molecule has 2 aliphatic heterocycles. The molecule has 1 unspecified atom stereocenters. The number of carbonyl (C=O) groups is 1. The van der Waals surface area contributed by atoms with Crippen LogP contribution >= 0.6 is 11.3 Å². The van der Waals surface area contributed by atoms with Crippen molar-refractivity contribution < 1.29 is 13.9 Å². The first kappa shape index (κ1) is 21.7. The summed E-state index contributed by atoms with van der Waals surface area (Å²) in [7, 11) is 0. The molecule has 0 radical (unpaired) electrons. The third kappa shape index (κ3) is 4.66. The van der Waals surface area contributed by atoms with Gasteiger partial charge < -0.3 is 14.5 Å². The Morgan fingerprint density at radius 2 is 2.12 bits per heavy atom. The highest BCUT2D eigenvalue weighted by atomic mass is 32.1. The zero-order valence-corrected chi connectivity index (χ0v) is 19.2. The Morgan fingerprint density at radius 3 is 2.91 bits per heavy atom. The van der Waals surface area contributed by atoms with Crippen LogP contribution in [-0.2, 0) is 11.2 Å². The van der Waals surface area contributed by atoms with E-state index in [1.54, 1.807) is 11.6 Å². The second kappa shape index (κ2) is 9.38. The van der Waals surface area contributed by atoms with Crippen molar-refractivity contribution in [2.45, 2.75) is 38.6 Å². The van der Waals surface area contributed by atoms with Crippen molar-refractivity contribution >= 4 is 22.9 Å². The van der Waals surface area contributed by atoms with Gasteiger partial charge in [-0.15, -0.1) is 11.3 Å². The average Bonchev–Trinajstić information content (AvgIpc) is 3.48. The number of rotatable bonds is 7. The number of hydrogen-bond acceptors (Lipinski definition) is 8. The van der Waals surface area contributed by atoms with Crippen LogP contribution in [0.3, 0.4) is 0 Å². The van der Waals surface area contributed by atoms with Gasteiger partial charge in [0.25, 0.3) is 0 Å². The van der Waals surface area contributed by atoms with Crippen molar-refractivity contribution in [2.24, 2.45) is 0 Å². The van der Waals surface area contributed by atoms with Gasteiger partial charge in [0.15, 0.2) is 5.82 Å². The molecule has 0 N–H and O–H groups in total. The molecule has 8 nitrogen and oxygen atoms in total. The van der Waals surface area contributed by atoms with Gasteiger partial charge in [-0.05, 0) is 19.8 Å². The van der Waals surface area contributed by atoms with E-state index in [1.165, 1.54) is 17.4 Å². The summed E-state index contributed by atoms with van der Waals surface area (Å²) in [6.45, 7) is 4.61. The largest absolute Gasteiger partial charge is 0.477 e. The summed E-state index contributed by atoms with van der Waals surface area (Å²) in [6, 6.07) is 3.19. The predicted octanol–water partition coefficient (Wildman–Crippen LogP) is 3.65. The van der Waals surface area contributed by atoms with Gasteiger partial charge in [-0.2, -0.15) is 9.37 Å². The Morgan fingerprint density at radius 1 is 1.21 bits per heavy atom. The number of amides is 1. The lowest BCUT2D eigenvalue weighted by Gasteiger charge is -2.36. The highest BCUT2D eigenvalue weighted by Crippen LogP contribution is 2.34. The molecule has 1 fully saturated rings. The van der Waals surface area contributed by atoms with Gasteiger partial charge in [0.1, 0.15) is 5.69 Å². The Labute approximate surface area is 195 Å². The van der Waals surface area contributed by atoms with Gasteiger partial charge >= 0.3 is 0 Å². The Kier molecular flexibility index (Phi) is 6.17. The van der Waals surface area contributed by atoms with Crippen molar-refractivity contribution in [3.8, 4) is 17.4 Å². The van der Waals surface area contributed by atoms with E-state index in [1.807, 2.05) is 16.5 Å². The lowest BCUT2D eigenvalue weighted by Crippen LogP contribution is -2.35. The number of ether oxygens (including phenoxy) is 1. The molecule has 3 aromatic heterocycles. The molecule has 1 saturated heterocycles. The summed E-state index contributed by atoms with van der Waals surface area (Å²) < 4.78 is 20.0. The zero-order chi connectivity index (χ0) is 22.8. The van der Waals surface area contributed by atoms with Crippen LogP contribution in [0.5, 0.6) is 5.88 Å². The topological polar surface area (TPSA) is 84.3 Å². The van der Waals surface area contributed by atoms with Crippen LogP contribution in [0.15, 0.2) is 29.2 Å². The molecule has 0 aromatic carbocycles. The molecule has 0 aliphatic carbocycles. The molecule has 0 bridgehead atoms. The number of nitrogens with zero attached hydrogens (tertiary/aromatic N) is 6. The van der Waals surface area contributed by atoms with Crippen LogP contribution in [0, 0.1) is 5.95 Å². The van der Waals surface area contributed by atoms with Crippen LogP contribution in [0.1, 0.15) is 43.5 Å². The summed E-state index contributed by atoms with van der Waals surface area (Å²) in [6.07, 6.45) is 4.81. The lowest BCUT2D eigenvalue weighted by atomic mass is 9.99. The summed E-state index contributed by atoms with van der Waals surface area (Å²) in [4.78, 5) is 33.1. The van der Waals surface area contributed by atoms with Crippen molar-refractivity contribution in [3.63, 3.8) is 0 Å². The van der Waals surface area contributed by atoms with Gasteiger partial charge in [0, 0.05) is 67.4 Å². The van der Waals surface area contributed by atoms with Crippen LogP contribution < -0.4 is 9.64 Å². The minimum absolute atomic E-state index is 0.0194. The number of pyridine rings is 1. The van der Waals surface area contributed by atoms with Gasteiger partial charge in [-0.3, -0.25) is 4.79 Å². The average molecular weight is 469 g/mol. The maximum Gasteiger partial charge on any atom is 0.222 e. The Hall–Kier alpha value is -3.14. The first-order valence-electron chi connectivity index (χ1n) is 11.2. The first-order chi connectivity index (χ1) is 16.1. The van der Waals surface area contributed by atoms with Crippen molar-refractivity contribution in [1.29, 1.82) is 0 Å². The molecule has 2 aliphatic rings. The molecule has 5 rings (SSSR count). The fourth-order valence-electron chi connectivity index (χ4n) is 4.44. The van der Waals surface area contributed by atoms with E-state index in [0.29, 0.717) is 44.0 Å². The minimum atomic E-state index is -0.578.